The van der Waals surface area contributed by atoms with Crippen molar-refractivity contribution in [2.24, 2.45) is 17.6 Å². The number of rotatable bonds is 5. The minimum atomic E-state index is -1.04. The molecular weight excluding hydrogens is 418 g/mol. The number of hydrogen-bond acceptors (Lipinski definition) is 4. The molecule has 1 saturated carbocycles. The minimum Gasteiger partial charge on any atom is -0.465 e. The van der Waals surface area contributed by atoms with Gasteiger partial charge in [0.25, 0.3) is 5.91 Å². The zero-order valence-corrected chi connectivity index (χ0v) is 16.0. The van der Waals surface area contributed by atoms with Crippen molar-refractivity contribution in [2.75, 3.05) is 11.9 Å². The Bertz CT molecular complexity index is 886. The average Bonchev–Trinajstić information content (AvgIpc) is 2.98. The van der Waals surface area contributed by atoms with Gasteiger partial charge >= 0.3 is 6.09 Å². The summed E-state index contributed by atoms with van der Waals surface area (Å²) in [4.78, 5) is 35.0. The second-order valence-corrected chi connectivity index (χ2v) is 7.62. The third-order valence-corrected chi connectivity index (χ3v) is 5.37. The molecule has 2 aromatic rings. The van der Waals surface area contributed by atoms with Crippen LogP contribution in [0.2, 0.25) is 0 Å². The summed E-state index contributed by atoms with van der Waals surface area (Å²) in [7, 11) is 0. The molecule has 0 spiro atoms. The average molecular weight is 438 g/mol. The maximum absolute atomic E-state index is 12.7. The van der Waals surface area contributed by atoms with E-state index in [1.165, 1.54) is 0 Å². The number of halogens is 1. The van der Waals surface area contributed by atoms with Crippen molar-refractivity contribution < 1.29 is 23.9 Å². The lowest BCUT2D eigenvalue weighted by molar-refractivity contribution is -0.121. The summed E-state index contributed by atoms with van der Waals surface area (Å²) >= 11 is 3.37. The maximum Gasteiger partial charge on any atom is 0.404 e. The van der Waals surface area contributed by atoms with E-state index in [2.05, 4.69) is 26.6 Å². The summed E-state index contributed by atoms with van der Waals surface area (Å²) in [5.41, 5.74) is 6.15. The number of hydrogen-bond donors (Lipinski definition) is 4. The van der Waals surface area contributed by atoms with Gasteiger partial charge in [0.2, 0.25) is 11.7 Å². The van der Waals surface area contributed by atoms with Crippen molar-refractivity contribution in [3.05, 3.63) is 28.4 Å². The third-order valence-electron chi connectivity index (χ3n) is 4.88. The number of benzene rings is 1. The van der Waals surface area contributed by atoms with E-state index in [0.717, 1.165) is 17.3 Å². The second kappa shape index (κ2) is 7.99. The van der Waals surface area contributed by atoms with E-state index < -0.39 is 12.0 Å². The molecule has 1 aromatic carbocycles. The number of anilines is 1. The molecule has 0 aliphatic heterocycles. The first-order valence-electron chi connectivity index (χ1n) is 8.64. The normalized spacial score (nSPS) is 19.6. The van der Waals surface area contributed by atoms with E-state index >= 15 is 0 Å². The monoisotopic (exact) mass is 437 g/mol. The summed E-state index contributed by atoms with van der Waals surface area (Å²) in [6.07, 6.45) is 1.80. The molecule has 3 rings (SSSR count). The van der Waals surface area contributed by atoms with Crippen molar-refractivity contribution in [3.8, 4) is 0 Å². The summed E-state index contributed by atoms with van der Waals surface area (Å²) in [5, 5.41) is 14.5. The molecule has 1 fully saturated rings. The van der Waals surface area contributed by atoms with Gasteiger partial charge in [-0.3, -0.25) is 9.59 Å². The van der Waals surface area contributed by atoms with Gasteiger partial charge in [0, 0.05) is 22.3 Å². The fourth-order valence-corrected chi connectivity index (χ4v) is 3.81. The summed E-state index contributed by atoms with van der Waals surface area (Å²) in [6, 6.07) is 5.23. The molecule has 0 bridgehead atoms. The van der Waals surface area contributed by atoms with E-state index in [4.69, 9.17) is 15.3 Å². The van der Waals surface area contributed by atoms with Gasteiger partial charge in [-0.1, -0.05) is 15.9 Å². The molecule has 0 saturated heterocycles. The summed E-state index contributed by atoms with van der Waals surface area (Å²) in [5.74, 6) is -0.984. The van der Waals surface area contributed by atoms with Crippen molar-refractivity contribution in [2.45, 2.75) is 25.7 Å². The van der Waals surface area contributed by atoms with Gasteiger partial charge in [-0.15, -0.1) is 0 Å². The number of fused-ring (bicyclic) bond motifs is 1. The quantitative estimate of drug-likeness (QED) is 0.568. The predicted molar refractivity (Wildman–Crippen MR) is 103 cm³/mol. The van der Waals surface area contributed by atoms with Gasteiger partial charge in [-0.05, 0) is 49.8 Å². The van der Waals surface area contributed by atoms with E-state index in [9.17, 15) is 14.4 Å². The number of nitrogens with two attached hydrogens (primary N) is 1. The Morgan fingerprint density at radius 3 is 2.56 bits per heavy atom. The van der Waals surface area contributed by atoms with Crippen molar-refractivity contribution in [1.82, 2.24) is 5.32 Å². The molecular formula is C18H20BrN3O5. The lowest BCUT2D eigenvalue weighted by atomic mass is 9.81. The highest BCUT2D eigenvalue weighted by atomic mass is 79.9. The van der Waals surface area contributed by atoms with Crippen molar-refractivity contribution in [1.29, 1.82) is 0 Å². The van der Waals surface area contributed by atoms with Crippen LogP contribution < -0.4 is 16.4 Å². The first-order chi connectivity index (χ1) is 12.8. The highest BCUT2D eigenvalue weighted by Crippen LogP contribution is 2.35. The molecule has 9 heteroatoms. The van der Waals surface area contributed by atoms with Crippen molar-refractivity contribution in [3.63, 3.8) is 0 Å². The predicted octanol–water partition coefficient (Wildman–Crippen LogP) is 3.31. The van der Waals surface area contributed by atoms with Gasteiger partial charge in [-0.25, -0.2) is 4.79 Å². The lowest BCUT2D eigenvalue weighted by Gasteiger charge is -2.27. The largest absolute Gasteiger partial charge is 0.465 e. The lowest BCUT2D eigenvalue weighted by Crippen LogP contribution is -2.33. The highest BCUT2D eigenvalue weighted by Gasteiger charge is 2.29. The molecule has 3 amide bonds. The summed E-state index contributed by atoms with van der Waals surface area (Å²) < 4.78 is 6.29. The fourth-order valence-electron chi connectivity index (χ4n) is 3.45. The molecule has 144 valence electrons. The van der Waals surface area contributed by atoms with Crippen LogP contribution in [0.4, 0.5) is 10.5 Å². The first kappa shape index (κ1) is 19.2. The van der Waals surface area contributed by atoms with Crippen LogP contribution in [0.15, 0.2) is 27.1 Å². The molecule has 0 unspecified atom stereocenters. The van der Waals surface area contributed by atoms with E-state index in [1.54, 1.807) is 18.2 Å². The van der Waals surface area contributed by atoms with Crippen LogP contribution in [-0.4, -0.2) is 29.6 Å². The van der Waals surface area contributed by atoms with Gasteiger partial charge in [0.05, 0.1) is 0 Å². The minimum absolute atomic E-state index is 0.0733. The fraction of sp³-hybridized carbons (Fsp3) is 0.389. The number of furan rings is 1. The van der Waals surface area contributed by atoms with Gasteiger partial charge in [0.1, 0.15) is 11.3 Å². The van der Waals surface area contributed by atoms with Crippen LogP contribution in [-0.2, 0) is 4.79 Å². The maximum atomic E-state index is 12.7. The molecule has 0 radical (unpaired) electrons. The SMILES string of the molecule is NC(=O)c1oc2ccc(Br)cc2c1NC(=O)[C@H]1CC[C@H](CNC(=O)O)CC1. The summed E-state index contributed by atoms with van der Waals surface area (Å²) in [6.45, 7) is 0.399. The smallest absolute Gasteiger partial charge is 0.404 e. The second-order valence-electron chi connectivity index (χ2n) is 6.70. The van der Waals surface area contributed by atoms with Crippen LogP contribution in [0.25, 0.3) is 11.0 Å². The Morgan fingerprint density at radius 2 is 1.93 bits per heavy atom. The Labute approximate surface area is 163 Å². The molecule has 0 atom stereocenters. The van der Waals surface area contributed by atoms with Crippen LogP contribution >= 0.6 is 15.9 Å². The number of carboxylic acid groups (broad SMARTS) is 1. The number of carbonyl (C=O) groups excluding carboxylic acids is 2. The van der Waals surface area contributed by atoms with Gasteiger partial charge in [-0.2, -0.15) is 0 Å². The van der Waals surface area contributed by atoms with E-state index in [0.29, 0.717) is 36.0 Å². The first-order valence-corrected chi connectivity index (χ1v) is 9.44. The van der Waals surface area contributed by atoms with Crippen LogP contribution in [0.5, 0.6) is 0 Å². The molecule has 1 heterocycles. The molecule has 1 aromatic heterocycles. The number of carbonyl (C=O) groups is 3. The number of amides is 3. The molecule has 27 heavy (non-hydrogen) atoms. The number of nitrogens with one attached hydrogen (secondary N) is 2. The highest BCUT2D eigenvalue weighted by molar-refractivity contribution is 9.10. The Morgan fingerprint density at radius 1 is 1.22 bits per heavy atom. The van der Waals surface area contributed by atoms with Gasteiger partial charge in [0.15, 0.2) is 0 Å². The Balaban J connectivity index is 1.71. The molecule has 8 nitrogen and oxygen atoms in total. The van der Waals surface area contributed by atoms with Gasteiger partial charge < -0.3 is 25.9 Å². The van der Waals surface area contributed by atoms with Crippen molar-refractivity contribution >= 4 is 50.5 Å². The zero-order chi connectivity index (χ0) is 19.6. The van der Waals surface area contributed by atoms with Crippen LogP contribution in [0.3, 0.4) is 0 Å². The van der Waals surface area contributed by atoms with E-state index in [-0.39, 0.29) is 23.5 Å². The number of primary amides is 1. The molecule has 1 aliphatic rings. The topological polar surface area (TPSA) is 135 Å². The molecule has 1 aliphatic carbocycles. The Kier molecular flexibility index (Phi) is 5.69. The standard InChI is InChI=1S/C18H20BrN3O5/c19-11-5-6-13-12(7-11)14(15(27-13)16(20)23)22-17(24)10-3-1-9(2-4-10)8-21-18(25)26/h5-7,9-10,21H,1-4,8H2,(H2,20,23)(H,22,24)(H,25,26)/t9-,10-. The van der Waals surface area contributed by atoms with Crippen LogP contribution in [0.1, 0.15) is 36.2 Å². The zero-order valence-electron chi connectivity index (χ0n) is 14.5. The van der Waals surface area contributed by atoms with E-state index in [1.807, 2.05) is 0 Å². The molecule has 5 N–H and O–H groups in total. The van der Waals surface area contributed by atoms with Crippen LogP contribution in [0, 0.1) is 11.8 Å². The Hall–Kier alpha value is -2.55. The third kappa shape index (κ3) is 4.41.